The fourth-order valence-corrected chi connectivity index (χ4v) is 0.969. The smallest absolute Gasteiger partial charge is 0.0203 e. The van der Waals surface area contributed by atoms with Crippen molar-refractivity contribution in [1.82, 2.24) is 10.2 Å². The van der Waals surface area contributed by atoms with Gasteiger partial charge in [0.25, 0.3) is 0 Å². The van der Waals surface area contributed by atoms with Gasteiger partial charge in [0.1, 0.15) is 0 Å². The predicted octanol–water partition coefficient (Wildman–Crippen LogP) is -0.515. The molecule has 1 atom stereocenters. The zero-order chi connectivity index (χ0) is 7.98. The molecule has 1 unspecified atom stereocenters. The summed E-state index contributed by atoms with van der Waals surface area (Å²) < 4.78 is 0. The molecule has 0 bridgehead atoms. The highest BCUT2D eigenvalue weighted by atomic mass is 15.1. The molecule has 62 valence electrons. The lowest BCUT2D eigenvalue weighted by molar-refractivity contribution is 0.339. The van der Waals surface area contributed by atoms with Crippen molar-refractivity contribution < 1.29 is 0 Å². The Morgan fingerprint density at radius 3 is 2.40 bits per heavy atom. The van der Waals surface area contributed by atoms with Crippen molar-refractivity contribution in [3.05, 3.63) is 0 Å². The van der Waals surface area contributed by atoms with E-state index in [2.05, 4.69) is 24.3 Å². The van der Waals surface area contributed by atoms with Crippen molar-refractivity contribution in [3.8, 4) is 0 Å². The van der Waals surface area contributed by atoms with Crippen LogP contribution in [0, 0.1) is 0 Å². The van der Waals surface area contributed by atoms with E-state index in [0.29, 0.717) is 6.04 Å². The van der Waals surface area contributed by atoms with Crippen LogP contribution in [0.25, 0.3) is 0 Å². The molecule has 0 aromatic heterocycles. The number of nitrogens with one attached hydrogen (secondary N) is 1. The van der Waals surface area contributed by atoms with Gasteiger partial charge in [0.05, 0.1) is 0 Å². The average Bonchev–Trinajstić information content (AvgIpc) is 1.86. The molecule has 0 fully saturated rings. The summed E-state index contributed by atoms with van der Waals surface area (Å²) >= 11 is 0. The Morgan fingerprint density at radius 1 is 1.50 bits per heavy atom. The normalized spacial score (nSPS) is 14.1. The summed E-state index contributed by atoms with van der Waals surface area (Å²) in [5.74, 6) is 0. The molecule has 10 heavy (non-hydrogen) atoms. The van der Waals surface area contributed by atoms with E-state index in [1.807, 2.05) is 7.05 Å². The molecule has 0 spiro atoms. The van der Waals surface area contributed by atoms with Gasteiger partial charge in [-0.2, -0.15) is 0 Å². The third-order valence-corrected chi connectivity index (χ3v) is 1.51. The van der Waals surface area contributed by atoms with Crippen LogP contribution >= 0.6 is 0 Å². The molecule has 0 aliphatic rings. The van der Waals surface area contributed by atoms with Crippen LogP contribution in [0.2, 0.25) is 0 Å². The van der Waals surface area contributed by atoms with E-state index in [9.17, 15) is 0 Å². The minimum absolute atomic E-state index is 0.542. The summed E-state index contributed by atoms with van der Waals surface area (Å²) in [7, 11) is 6.12. The third kappa shape index (κ3) is 4.73. The van der Waals surface area contributed by atoms with Gasteiger partial charge in [0.15, 0.2) is 0 Å². The molecule has 0 rings (SSSR count). The second-order valence-electron chi connectivity index (χ2n) is 2.83. The first-order valence-corrected chi connectivity index (χ1v) is 3.72. The van der Waals surface area contributed by atoms with Crippen LogP contribution in [0.5, 0.6) is 0 Å². The van der Waals surface area contributed by atoms with Crippen LogP contribution in [-0.4, -0.2) is 45.2 Å². The number of nitrogens with zero attached hydrogens (tertiary/aromatic N) is 1. The molecule has 3 heteroatoms. The van der Waals surface area contributed by atoms with Gasteiger partial charge in [-0.25, -0.2) is 0 Å². The maximum atomic E-state index is 5.42. The largest absolute Gasteiger partial charge is 0.330 e. The van der Waals surface area contributed by atoms with Crippen molar-refractivity contribution in [1.29, 1.82) is 0 Å². The van der Waals surface area contributed by atoms with Crippen LogP contribution in [0.3, 0.4) is 0 Å². The second-order valence-corrected chi connectivity index (χ2v) is 2.83. The summed E-state index contributed by atoms with van der Waals surface area (Å²) in [5, 5.41) is 3.21. The van der Waals surface area contributed by atoms with Crippen LogP contribution in [0.15, 0.2) is 0 Å². The number of likely N-dealkylation sites (N-methyl/N-ethyl adjacent to an activating group) is 2. The van der Waals surface area contributed by atoms with Gasteiger partial charge in [0, 0.05) is 12.6 Å². The molecule has 0 aromatic rings. The van der Waals surface area contributed by atoms with Crippen LogP contribution < -0.4 is 11.1 Å². The zero-order valence-electron chi connectivity index (χ0n) is 7.22. The van der Waals surface area contributed by atoms with E-state index in [-0.39, 0.29) is 0 Å². The minimum atomic E-state index is 0.542. The molecule has 0 saturated carbocycles. The van der Waals surface area contributed by atoms with Crippen molar-refractivity contribution in [3.63, 3.8) is 0 Å². The van der Waals surface area contributed by atoms with Crippen molar-refractivity contribution in [2.75, 3.05) is 34.2 Å². The highest BCUT2D eigenvalue weighted by Crippen LogP contribution is 1.89. The Bertz CT molecular complexity index is 73.3. The van der Waals surface area contributed by atoms with Gasteiger partial charge in [-0.3, -0.25) is 0 Å². The summed E-state index contributed by atoms with van der Waals surface area (Å²) in [5.41, 5.74) is 5.42. The molecule has 0 aliphatic heterocycles. The van der Waals surface area contributed by atoms with E-state index >= 15 is 0 Å². The molecule has 0 heterocycles. The molecule has 3 nitrogen and oxygen atoms in total. The Morgan fingerprint density at radius 2 is 2.10 bits per heavy atom. The maximum absolute atomic E-state index is 5.42. The second kappa shape index (κ2) is 5.65. The van der Waals surface area contributed by atoms with E-state index < -0.39 is 0 Å². The van der Waals surface area contributed by atoms with Crippen LogP contribution in [0.4, 0.5) is 0 Å². The Hall–Kier alpha value is -0.120. The summed E-state index contributed by atoms with van der Waals surface area (Å²) in [6.45, 7) is 1.83. The van der Waals surface area contributed by atoms with Crippen molar-refractivity contribution >= 4 is 0 Å². The SMILES string of the molecule is CNC(CCN)CN(C)C. The van der Waals surface area contributed by atoms with E-state index in [1.165, 1.54) is 0 Å². The highest BCUT2D eigenvalue weighted by Gasteiger charge is 2.04. The molecule has 0 aliphatic carbocycles. The van der Waals surface area contributed by atoms with E-state index in [4.69, 9.17) is 5.73 Å². The summed E-state index contributed by atoms with van der Waals surface area (Å²) in [6, 6.07) is 0.542. The lowest BCUT2D eigenvalue weighted by atomic mass is 10.2. The average molecular weight is 145 g/mol. The predicted molar refractivity (Wildman–Crippen MR) is 45.1 cm³/mol. The molecule has 0 radical (unpaired) electrons. The Labute approximate surface area is 63.6 Å². The number of hydrogen-bond donors (Lipinski definition) is 2. The Balaban J connectivity index is 3.39. The highest BCUT2D eigenvalue weighted by molar-refractivity contribution is 4.66. The Kier molecular flexibility index (Phi) is 5.58. The van der Waals surface area contributed by atoms with Crippen molar-refractivity contribution in [2.45, 2.75) is 12.5 Å². The molecular formula is C7H19N3. The number of nitrogens with two attached hydrogens (primary N) is 1. The van der Waals surface area contributed by atoms with E-state index in [1.54, 1.807) is 0 Å². The van der Waals surface area contributed by atoms with Gasteiger partial charge in [0.2, 0.25) is 0 Å². The molecular weight excluding hydrogens is 126 g/mol. The summed E-state index contributed by atoms with van der Waals surface area (Å²) in [4.78, 5) is 2.16. The quantitative estimate of drug-likeness (QED) is 0.547. The molecule has 0 amide bonds. The van der Waals surface area contributed by atoms with Gasteiger partial charge in [-0.1, -0.05) is 0 Å². The first-order chi connectivity index (χ1) is 4.70. The molecule has 0 saturated heterocycles. The zero-order valence-corrected chi connectivity index (χ0v) is 7.22. The maximum Gasteiger partial charge on any atom is 0.0203 e. The minimum Gasteiger partial charge on any atom is -0.330 e. The van der Waals surface area contributed by atoms with Crippen LogP contribution in [0.1, 0.15) is 6.42 Å². The monoisotopic (exact) mass is 145 g/mol. The van der Waals surface area contributed by atoms with Gasteiger partial charge < -0.3 is 16.0 Å². The molecule has 0 aromatic carbocycles. The van der Waals surface area contributed by atoms with Gasteiger partial charge in [-0.05, 0) is 34.1 Å². The van der Waals surface area contributed by atoms with Gasteiger partial charge in [-0.15, -0.1) is 0 Å². The fraction of sp³-hybridized carbons (Fsp3) is 1.00. The van der Waals surface area contributed by atoms with Crippen molar-refractivity contribution in [2.24, 2.45) is 5.73 Å². The lowest BCUT2D eigenvalue weighted by Gasteiger charge is -2.19. The van der Waals surface area contributed by atoms with Gasteiger partial charge >= 0.3 is 0 Å². The van der Waals surface area contributed by atoms with Crippen LogP contribution in [-0.2, 0) is 0 Å². The lowest BCUT2D eigenvalue weighted by Crippen LogP contribution is -2.37. The fourth-order valence-electron chi connectivity index (χ4n) is 0.969. The first-order valence-electron chi connectivity index (χ1n) is 3.72. The van der Waals surface area contributed by atoms with E-state index in [0.717, 1.165) is 19.5 Å². The summed E-state index contributed by atoms with van der Waals surface area (Å²) in [6.07, 6.45) is 1.05. The third-order valence-electron chi connectivity index (χ3n) is 1.51. The number of hydrogen-bond acceptors (Lipinski definition) is 3. The molecule has 3 N–H and O–H groups in total. The topological polar surface area (TPSA) is 41.3 Å². The first kappa shape index (κ1) is 9.88. The standard InChI is InChI=1S/C7H19N3/c1-9-7(4-5-8)6-10(2)3/h7,9H,4-6,8H2,1-3H3. The number of rotatable bonds is 5.